The molecule has 8 nitrogen and oxygen atoms in total. The molecule has 2 aliphatic heterocycles. The first-order chi connectivity index (χ1) is 19.1. The van der Waals surface area contributed by atoms with Crippen LogP contribution in [0, 0.1) is 11.3 Å². The lowest BCUT2D eigenvalue weighted by atomic mass is 9.74. The van der Waals surface area contributed by atoms with Crippen molar-refractivity contribution < 1.29 is 22.7 Å². The Bertz CT molecular complexity index is 1480. The number of piperidine rings is 1. The van der Waals surface area contributed by atoms with Gasteiger partial charge in [-0.05, 0) is 63.1 Å². The molecule has 1 spiro atoms. The van der Waals surface area contributed by atoms with Crippen LogP contribution in [0.2, 0.25) is 0 Å². The second-order valence-corrected chi connectivity index (χ2v) is 10.2. The van der Waals surface area contributed by atoms with Gasteiger partial charge in [-0.1, -0.05) is 6.07 Å². The lowest BCUT2D eigenvalue weighted by Crippen LogP contribution is -2.48. The topological polar surface area (TPSA) is 108 Å². The molecular weight excluding hydrogens is 521 g/mol. The molecule has 0 unspecified atom stereocenters. The third-order valence-electron chi connectivity index (χ3n) is 7.65. The van der Waals surface area contributed by atoms with Crippen LogP contribution in [-0.2, 0) is 16.4 Å². The predicted octanol–water partition coefficient (Wildman–Crippen LogP) is 4.66. The molecule has 1 aromatic carbocycles. The Balaban J connectivity index is 1.48. The van der Waals surface area contributed by atoms with Crippen molar-refractivity contribution >= 4 is 17.4 Å². The molecule has 0 aliphatic carbocycles. The van der Waals surface area contributed by atoms with E-state index in [0.717, 1.165) is 17.7 Å². The number of nitrogens with zero attached hydrogens (tertiary/aromatic N) is 5. The van der Waals surface area contributed by atoms with E-state index >= 15 is 0 Å². The summed E-state index contributed by atoms with van der Waals surface area (Å²) in [7, 11) is 0. The number of carbonyl (C=O) groups is 1. The molecule has 0 radical (unpaired) electrons. The highest BCUT2D eigenvalue weighted by atomic mass is 19.4. The summed E-state index contributed by atoms with van der Waals surface area (Å²) in [6.07, 6.45) is -1.64. The summed E-state index contributed by atoms with van der Waals surface area (Å²) in [5.74, 6) is 0.760. The van der Waals surface area contributed by atoms with Gasteiger partial charge in [0.25, 0.3) is 0 Å². The van der Waals surface area contributed by atoms with Crippen LogP contribution in [0.4, 0.5) is 24.7 Å². The van der Waals surface area contributed by atoms with Gasteiger partial charge in [0.15, 0.2) is 0 Å². The molecule has 2 N–H and O–H groups in total. The number of amides is 1. The van der Waals surface area contributed by atoms with Crippen molar-refractivity contribution in [2.24, 2.45) is 5.73 Å². The zero-order valence-corrected chi connectivity index (χ0v) is 22.2. The van der Waals surface area contributed by atoms with E-state index in [1.165, 1.54) is 6.07 Å². The monoisotopic (exact) mass is 550 g/mol. The number of hydrogen-bond donors (Lipinski definition) is 1. The lowest BCUT2D eigenvalue weighted by molar-refractivity contribution is -0.137. The predicted molar refractivity (Wildman–Crippen MR) is 144 cm³/mol. The highest BCUT2D eigenvalue weighted by molar-refractivity contribution is 5.98. The quantitative estimate of drug-likeness (QED) is 0.492. The average Bonchev–Trinajstić information content (AvgIpc) is 3.25. The molecule has 2 aromatic heterocycles. The number of pyridine rings is 2. The van der Waals surface area contributed by atoms with Crippen LogP contribution in [-0.4, -0.2) is 48.2 Å². The number of halogens is 3. The minimum absolute atomic E-state index is 0.0146. The number of aromatic nitrogens is 2. The van der Waals surface area contributed by atoms with E-state index in [4.69, 9.17) is 15.5 Å². The number of nitrogens with two attached hydrogens (primary N) is 1. The Morgan fingerprint density at radius 1 is 1.23 bits per heavy atom. The van der Waals surface area contributed by atoms with Gasteiger partial charge in [-0.2, -0.15) is 18.4 Å². The van der Waals surface area contributed by atoms with Crippen molar-refractivity contribution in [2.75, 3.05) is 36.0 Å². The van der Waals surface area contributed by atoms with Crippen LogP contribution in [0.5, 0.6) is 5.88 Å². The third kappa shape index (κ3) is 4.84. The minimum Gasteiger partial charge on any atom is -0.477 e. The standard InChI is InChI=1S/C29H29F3N6O2/c1-3-40-26-21(5-4-12-35-26)23-8-7-22-25(36-23)38(27(39)18(2)34)17-28(22)10-13-37(14-11-28)24-9-6-20(29(30,31)32)15-19(24)16-33/h4-9,12,15,18H,3,10-11,13-14,17,34H2,1-2H3/t18-/m0/s1. The first-order valence-electron chi connectivity index (χ1n) is 13.1. The van der Waals surface area contributed by atoms with Gasteiger partial charge in [0.2, 0.25) is 11.8 Å². The minimum atomic E-state index is -4.52. The highest BCUT2D eigenvalue weighted by Crippen LogP contribution is 2.48. The van der Waals surface area contributed by atoms with Gasteiger partial charge in [-0.3, -0.25) is 9.69 Å². The van der Waals surface area contributed by atoms with Crippen molar-refractivity contribution in [2.45, 2.75) is 44.3 Å². The van der Waals surface area contributed by atoms with Crippen molar-refractivity contribution in [3.8, 4) is 23.2 Å². The van der Waals surface area contributed by atoms with Gasteiger partial charge in [0.05, 0.1) is 40.7 Å². The molecule has 1 amide bonds. The molecule has 11 heteroatoms. The average molecular weight is 551 g/mol. The summed E-state index contributed by atoms with van der Waals surface area (Å²) in [6.45, 7) is 5.35. The van der Waals surface area contributed by atoms with E-state index < -0.39 is 23.2 Å². The summed E-state index contributed by atoms with van der Waals surface area (Å²) in [5.41, 5.74) is 7.48. The van der Waals surface area contributed by atoms with Crippen molar-refractivity contribution in [3.05, 3.63) is 65.4 Å². The second kappa shape index (κ2) is 10.4. The molecule has 1 fully saturated rings. The van der Waals surface area contributed by atoms with Crippen LogP contribution in [0.1, 0.15) is 43.4 Å². The van der Waals surface area contributed by atoms with E-state index in [-0.39, 0.29) is 11.5 Å². The second-order valence-electron chi connectivity index (χ2n) is 10.2. The zero-order valence-electron chi connectivity index (χ0n) is 22.2. The van der Waals surface area contributed by atoms with E-state index in [1.54, 1.807) is 24.1 Å². The van der Waals surface area contributed by atoms with Gasteiger partial charge < -0.3 is 15.4 Å². The SMILES string of the molecule is CCOc1ncccc1-c1ccc2c(n1)N(C(=O)[C@H](C)N)CC21CCN(c2ccc(C(F)(F)F)cc2C#N)CC1. The number of anilines is 2. The Hall–Kier alpha value is -4.17. The smallest absolute Gasteiger partial charge is 0.416 e. The van der Waals surface area contributed by atoms with E-state index in [1.807, 2.05) is 36.1 Å². The summed E-state index contributed by atoms with van der Waals surface area (Å²) >= 11 is 0. The Kier molecular flexibility index (Phi) is 7.14. The largest absolute Gasteiger partial charge is 0.477 e. The number of alkyl halides is 3. The molecule has 3 aromatic rings. The number of nitriles is 1. The molecule has 5 rings (SSSR count). The number of benzene rings is 1. The van der Waals surface area contributed by atoms with Gasteiger partial charge >= 0.3 is 6.18 Å². The first-order valence-corrected chi connectivity index (χ1v) is 13.1. The number of rotatable bonds is 5. The maximum atomic E-state index is 13.2. The summed E-state index contributed by atoms with van der Waals surface area (Å²) in [4.78, 5) is 26.0. The first kappa shape index (κ1) is 27.4. The van der Waals surface area contributed by atoms with Crippen molar-refractivity contribution in [1.29, 1.82) is 5.26 Å². The van der Waals surface area contributed by atoms with Crippen molar-refractivity contribution in [1.82, 2.24) is 9.97 Å². The van der Waals surface area contributed by atoms with E-state index in [9.17, 15) is 23.2 Å². The summed E-state index contributed by atoms with van der Waals surface area (Å²) < 4.78 is 45.3. The molecule has 40 heavy (non-hydrogen) atoms. The molecule has 0 saturated carbocycles. The molecule has 0 bridgehead atoms. The molecule has 1 saturated heterocycles. The van der Waals surface area contributed by atoms with Crippen LogP contribution < -0.4 is 20.3 Å². The van der Waals surface area contributed by atoms with Crippen LogP contribution in [0.25, 0.3) is 11.3 Å². The maximum Gasteiger partial charge on any atom is 0.416 e. The molecular formula is C29H29F3N6O2. The Labute approximate surface area is 230 Å². The van der Waals surface area contributed by atoms with Crippen molar-refractivity contribution in [3.63, 3.8) is 0 Å². The third-order valence-corrected chi connectivity index (χ3v) is 7.65. The fourth-order valence-corrected chi connectivity index (χ4v) is 5.63. The maximum absolute atomic E-state index is 13.2. The van der Waals surface area contributed by atoms with E-state index in [2.05, 4.69) is 4.98 Å². The highest BCUT2D eigenvalue weighted by Gasteiger charge is 2.48. The summed E-state index contributed by atoms with van der Waals surface area (Å²) in [6, 6.07) is 12.0. The van der Waals surface area contributed by atoms with E-state index in [0.29, 0.717) is 67.7 Å². The number of carbonyl (C=O) groups excluding carboxylic acids is 1. The molecule has 208 valence electrons. The van der Waals surface area contributed by atoms with Gasteiger partial charge in [0.1, 0.15) is 11.9 Å². The normalized spacial score (nSPS) is 16.9. The number of hydrogen-bond acceptors (Lipinski definition) is 7. The summed E-state index contributed by atoms with van der Waals surface area (Å²) in [5, 5.41) is 9.57. The van der Waals surface area contributed by atoms with Gasteiger partial charge in [-0.25, -0.2) is 9.97 Å². The van der Waals surface area contributed by atoms with Crippen LogP contribution in [0.15, 0.2) is 48.7 Å². The Morgan fingerprint density at radius 3 is 2.62 bits per heavy atom. The molecule has 2 aliphatic rings. The van der Waals surface area contributed by atoms with Gasteiger partial charge in [0, 0.05) is 36.8 Å². The van der Waals surface area contributed by atoms with Crippen LogP contribution >= 0.6 is 0 Å². The number of fused-ring (bicyclic) bond motifs is 2. The zero-order chi connectivity index (χ0) is 28.7. The van der Waals surface area contributed by atoms with Gasteiger partial charge in [-0.15, -0.1) is 0 Å². The lowest BCUT2D eigenvalue weighted by Gasteiger charge is -2.41. The fourth-order valence-electron chi connectivity index (χ4n) is 5.63. The molecule has 4 heterocycles. The van der Waals surface area contributed by atoms with Crippen LogP contribution in [0.3, 0.4) is 0 Å². The Morgan fingerprint density at radius 2 is 1.98 bits per heavy atom. The molecule has 1 atom stereocenters. The fraction of sp³-hybridized carbons (Fsp3) is 0.379. The number of ether oxygens (including phenoxy) is 1.